The standard InChI is InChI=1S/C28H38N4O4/c1-3-32(18-27(34)35)17-24-15-23(13-14-25(24)29)28(22-11-9-20(2)10-12-22)31-36-19-26(33)30-16-21-7-5-4-6-8-21/h9-15,21H,3-8,16-19,29H2,1-2H3,(H,30,33)(H,34,35)/b31-28+. The SMILES string of the molecule is CCN(CC(=O)O)Cc1cc(/C(=N/OCC(=O)NCC2CCCCC2)c2ccc(C)cc2)ccc1N. The lowest BCUT2D eigenvalue weighted by molar-refractivity contribution is -0.138. The summed E-state index contributed by atoms with van der Waals surface area (Å²) < 4.78 is 0. The number of carboxylic acid groups (broad SMARTS) is 1. The average molecular weight is 495 g/mol. The van der Waals surface area contributed by atoms with Crippen molar-refractivity contribution >= 4 is 23.3 Å². The van der Waals surface area contributed by atoms with Crippen LogP contribution in [0, 0.1) is 12.8 Å². The number of carboxylic acids is 1. The molecule has 36 heavy (non-hydrogen) atoms. The van der Waals surface area contributed by atoms with Crippen LogP contribution in [-0.4, -0.2) is 53.8 Å². The summed E-state index contributed by atoms with van der Waals surface area (Å²) in [5, 5.41) is 16.5. The van der Waals surface area contributed by atoms with E-state index in [-0.39, 0.29) is 19.1 Å². The molecule has 8 nitrogen and oxygen atoms in total. The molecule has 3 rings (SSSR count). The number of nitrogen functional groups attached to an aromatic ring is 1. The van der Waals surface area contributed by atoms with Gasteiger partial charge in [-0.1, -0.05) is 67.2 Å². The maximum absolute atomic E-state index is 12.4. The van der Waals surface area contributed by atoms with Gasteiger partial charge >= 0.3 is 5.97 Å². The molecule has 2 aromatic carbocycles. The zero-order valence-electron chi connectivity index (χ0n) is 21.3. The van der Waals surface area contributed by atoms with E-state index in [4.69, 9.17) is 10.6 Å². The Morgan fingerprint density at radius 3 is 2.47 bits per heavy atom. The van der Waals surface area contributed by atoms with Crippen molar-refractivity contribution in [3.63, 3.8) is 0 Å². The Balaban J connectivity index is 1.75. The summed E-state index contributed by atoms with van der Waals surface area (Å²) in [6.45, 7) is 5.35. The van der Waals surface area contributed by atoms with Crippen LogP contribution in [0.3, 0.4) is 0 Å². The van der Waals surface area contributed by atoms with Gasteiger partial charge < -0.3 is 21.0 Å². The summed E-state index contributed by atoms with van der Waals surface area (Å²) in [4.78, 5) is 30.9. The van der Waals surface area contributed by atoms with Gasteiger partial charge in [0.05, 0.1) is 6.54 Å². The molecule has 0 bridgehead atoms. The van der Waals surface area contributed by atoms with Crippen LogP contribution < -0.4 is 11.1 Å². The predicted octanol–water partition coefficient (Wildman–Crippen LogP) is 3.95. The number of likely N-dealkylation sites (N-methyl/N-ethyl adjacent to an activating group) is 1. The molecule has 1 aliphatic carbocycles. The van der Waals surface area contributed by atoms with E-state index >= 15 is 0 Å². The lowest BCUT2D eigenvalue weighted by atomic mass is 9.89. The van der Waals surface area contributed by atoms with Gasteiger partial charge in [0.25, 0.3) is 5.91 Å². The second-order valence-corrected chi connectivity index (χ2v) is 9.50. The highest BCUT2D eigenvalue weighted by Crippen LogP contribution is 2.23. The van der Waals surface area contributed by atoms with E-state index in [1.54, 1.807) is 11.0 Å². The maximum Gasteiger partial charge on any atom is 0.317 e. The van der Waals surface area contributed by atoms with Gasteiger partial charge in [0.15, 0.2) is 6.61 Å². The monoisotopic (exact) mass is 494 g/mol. The zero-order valence-corrected chi connectivity index (χ0v) is 21.3. The molecule has 0 aromatic heterocycles. The smallest absolute Gasteiger partial charge is 0.317 e. The minimum atomic E-state index is -0.886. The van der Waals surface area contributed by atoms with E-state index in [2.05, 4.69) is 10.5 Å². The van der Waals surface area contributed by atoms with Gasteiger partial charge in [-0.25, -0.2) is 0 Å². The Morgan fingerprint density at radius 1 is 1.11 bits per heavy atom. The first-order valence-electron chi connectivity index (χ1n) is 12.7. The molecule has 0 saturated heterocycles. The molecule has 194 valence electrons. The highest BCUT2D eigenvalue weighted by molar-refractivity contribution is 6.12. The molecule has 2 aromatic rings. The minimum Gasteiger partial charge on any atom is -0.480 e. The number of hydrogen-bond acceptors (Lipinski definition) is 6. The fourth-order valence-electron chi connectivity index (χ4n) is 4.44. The first-order valence-corrected chi connectivity index (χ1v) is 12.7. The molecule has 0 radical (unpaired) electrons. The number of aliphatic carboxylic acids is 1. The van der Waals surface area contributed by atoms with E-state index in [1.807, 2.05) is 50.2 Å². The van der Waals surface area contributed by atoms with Gasteiger partial charge in [0.2, 0.25) is 0 Å². The largest absolute Gasteiger partial charge is 0.480 e. The third-order valence-electron chi connectivity index (χ3n) is 6.61. The Morgan fingerprint density at radius 2 is 1.81 bits per heavy atom. The summed E-state index contributed by atoms with van der Waals surface area (Å²) >= 11 is 0. The van der Waals surface area contributed by atoms with Crippen molar-refractivity contribution in [3.8, 4) is 0 Å². The fraction of sp³-hybridized carbons (Fsp3) is 0.464. The first-order chi connectivity index (χ1) is 17.4. The number of carbonyl (C=O) groups is 2. The number of amides is 1. The summed E-state index contributed by atoms with van der Waals surface area (Å²) in [6.07, 6.45) is 6.08. The van der Waals surface area contributed by atoms with Crippen molar-refractivity contribution in [2.45, 2.75) is 52.5 Å². The van der Waals surface area contributed by atoms with Gasteiger partial charge in [-0.2, -0.15) is 0 Å². The average Bonchev–Trinajstić information content (AvgIpc) is 2.87. The summed E-state index contributed by atoms with van der Waals surface area (Å²) in [5.74, 6) is -0.521. The number of carbonyl (C=O) groups excluding carboxylic acids is 1. The van der Waals surface area contributed by atoms with Gasteiger partial charge in [-0.15, -0.1) is 0 Å². The molecule has 1 aliphatic rings. The predicted molar refractivity (Wildman–Crippen MR) is 142 cm³/mol. The molecule has 0 spiro atoms. The molecular weight excluding hydrogens is 456 g/mol. The molecule has 1 fully saturated rings. The van der Waals surface area contributed by atoms with E-state index < -0.39 is 5.97 Å². The number of nitrogens with two attached hydrogens (primary N) is 1. The van der Waals surface area contributed by atoms with Gasteiger partial charge in [-0.05, 0) is 49.9 Å². The summed E-state index contributed by atoms with van der Waals surface area (Å²) in [6, 6.07) is 13.5. The highest BCUT2D eigenvalue weighted by Gasteiger charge is 2.16. The van der Waals surface area contributed by atoms with Crippen LogP contribution in [0.4, 0.5) is 5.69 Å². The lowest BCUT2D eigenvalue weighted by Crippen LogP contribution is -2.32. The number of nitrogens with zero attached hydrogens (tertiary/aromatic N) is 2. The number of hydrogen-bond donors (Lipinski definition) is 3. The molecule has 8 heteroatoms. The number of oxime groups is 1. The van der Waals surface area contributed by atoms with Crippen molar-refractivity contribution in [3.05, 3.63) is 64.7 Å². The third kappa shape index (κ3) is 8.37. The van der Waals surface area contributed by atoms with E-state index in [9.17, 15) is 14.7 Å². The molecule has 1 saturated carbocycles. The molecule has 4 N–H and O–H groups in total. The Bertz CT molecular complexity index is 1050. The molecule has 1 amide bonds. The number of benzene rings is 2. The zero-order chi connectivity index (χ0) is 25.9. The Kier molecular flexibility index (Phi) is 10.3. The van der Waals surface area contributed by atoms with Crippen LogP contribution in [0.25, 0.3) is 0 Å². The van der Waals surface area contributed by atoms with Crippen molar-refractivity contribution < 1.29 is 19.5 Å². The van der Waals surface area contributed by atoms with Crippen LogP contribution in [0.15, 0.2) is 47.6 Å². The molecule has 0 aliphatic heterocycles. The Hall–Kier alpha value is -3.39. The van der Waals surface area contributed by atoms with E-state index in [0.29, 0.717) is 37.0 Å². The van der Waals surface area contributed by atoms with Crippen LogP contribution in [0.2, 0.25) is 0 Å². The summed E-state index contributed by atoms with van der Waals surface area (Å²) in [5.41, 5.74) is 10.9. The number of nitrogens with one attached hydrogen (secondary N) is 1. The number of aryl methyl sites for hydroxylation is 1. The second-order valence-electron chi connectivity index (χ2n) is 9.50. The van der Waals surface area contributed by atoms with Crippen LogP contribution in [-0.2, 0) is 21.0 Å². The Labute approximate surface area is 213 Å². The maximum atomic E-state index is 12.4. The highest BCUT2D eigenvalue weighted by atomic mass is 16.6. The fourth-order valence-corrected chi connectivity index (χ4v) is 4.44. The van der Waals surface area contributed by atoms with Gasteiger partial charge in [0.1, 0.15) is 5.71 Å². The number of anilines is 1. The van der Waals surface area contributed by atoms with Crippen LogP contribution >= 0.6 is 0 Å². The molecule has 0 unspecified atom stereocenters. The van der Waals surface area contributed by atoms with Crippen molar-refractivity contribution in [2.24, 2.45) is 11.1 Å². The van der Waals surface area contributed by atoms with Crippen LogP contribution in [0.1, 0.15) is 61.3 Å². The van der Waals surface area contributed by atoms with E-state index in [1.165, 1.54) is 19.3 Å². The van der Waals surface area contributed by atoms with Gasteiger partial charge in [0, 0.05) is 29.9 Å². The van der Waals surface area contributed by atoms with Crippen molar-refractivity contribution in [1.29, 1.82) is 0 Å². The normalized spacial score (nSPS) is 14.6. The molecular formula is C28H38N4O4. The molecule has 0 atom stereocenters. The van der Waals surface area contributed by atoms with Crippen molar-refractivity contribution in [1.82, 2.24) is 10.2 Å². The van der Waals surface area contributed by atoms with Crippen LogP contribution in [0.5, 0.6) is 0 Å². The van der Waals surface area contributed by atoms with Gasteiger partial charge in [-0.3, -0.25) is 14.5 Å². The quantitative estimate of drug-likeness (QED) is 0.234. The summed E-state index contributed by atoms with van der Waals surface area (Å²) in [7, 11) is 0. The topological polar surface area (TPSA) is 117 Å². The van der Waals surface area contributed by atoms with E-state index in [0.717, 1.165) is 35.1 Å². The van der Waals surface area contributed by atoms with Crippen molar-refractivity contribution in [2.75, 3.05) is 32.0 Å². The number of rotatable bonds is 12. The molecule has 0 heterocycles. The minimum absolute atomic E-state index is 0.0713. The lowest BCUT2D eigenvalue weighted by Gasteiger charge is -2.21. The first kappa shape index (κ1) is 27.2. The third-order valence-corrected chi connectivity index (χ3v) is 6.61. The second kappa shape index (κ2) is 13.6.